The van der Waals surface area contributed by atoms with Crippen LogP contribution in [0.2, 0.25) is 0 Å². The van der Waals surface area contributed by atoms with Crippen molar-refractivity contribution < 1.29 is 9.53 Å². The Balaban J connectivity index is 2.32. The van der Waals surface area contributed by atoms with E-state index in [1.54, 1.807) is 7.11 Å². The second-order valence-corrected chi connectivity index (χ2v) is 5.98. The zero-order valence-corrected chi connectivity index (χ0v) is 11.6. The molecule has 1 saturated heterocycles. The van der Waals surface area contributed by atoms with Crippen molar-refractivity contribution in [1.82, 2.24) is 10.6 Å². The minimum atomic E-state index is -0.376. The molecule has 0 aromatic carbocycles. The van der Waals surface area contributed by atoms with Gasteiger partial charge in [-0.1, -0.05) is 6.92 Å². The molecule has 1 aliphatic heterocycles. The smallest absolute Gasteiger partial charge is 0.222 e. The number of amides is 1. The minimum absolute atomic E-state index is 0.0802. The first-order valence-electron chi connectivity index (χ1n) is 6.39. The van der Waals surface area contributed by atoms with E-state index in [9.17, 15) is 4.79 Å². The quantitative estimate of drug-likeness (QED) is 0.764. The molecule has 0 aromatic rings. The van der Waals surface area contributed by atoms with Gasteiger partial charge >= 0.3 is 0 Å². The number of carbonyl (C=O) groups is 1. The maximum atomic E-state index is 11.8. The van der Waals surface area contributed by atoms with Gasteiger partial charge < -0.3 is 15.4 Å². The molecule has 0 spiro atoms. The van der Waals surface area contributed by atoms with E-state index < -0.39 is 0 Å². The lowest BCUT2D eigenvalue weighted by Crippen LogP contribution is -2.44. The first-order chi connectivity index (χ1) is 7.87. The largest absolute Gasteiger partial charge is 0.378 e. The summed E-state index contributed by atoms with van der Waals surface area (Å²) in [6, 6.07) is 0. The molecule has 2 N–H and O–H groups in total. The van der Waals surface area contributed by atoms with E-state index in [-0.39, 0.29) is 16.9 Å². The molecule has 1 heterocycles. The number of carbonyl (C=O) groups excluding carboxylic acids is 1. The molecule has 1 aliphatic rings. The number of hydrogen-bond acceptors (Lipinski definition) is 3. The summed E-state index contributed by atoms with van der Waals surface area (Å²) in [5.41, 5.74) is -0.128. The van der Waals surface area contributed by atoms with Crippen molar-refractivity contribution in [2.24, 2.45) is 5.41 Å². The van der Waals surface area contributed by atoms with Crippen LogP contribution < -0.4 is 10.6 Å². The highest BCUT2D eigenvalue weighted by molar-refractivity contribution is 5.76. The van der Waals surface area contributed by atoms with Gasteiger partial charge in [0.1, 0.15) is 0 Å². The summed E-state index contributed by atoms with van der Waals surface area (Å²) in [4.78, 5) is 11.8. The van der Waals surface area contributed by atoms with Crippen LogP contribution in [0.15, 0.2) is 0 Å². The Morgan fingerprint density at radius 2 is 2.00 bits per heavy atom. The zero-order chi connectivity index (χ0) is 12.9. The summed E-state index contributed by atoms with van der Waals surface area (Å²) in [6.07, 6.45) is 2.67. The Kier molecular flexibility index (Phi) is 4.95. The fraction of sp³-hybridized carbons (Fsp3) is 0.923. The first-order valence-corrected chi connectivity index (χ1v) is 6.39. The molecule has 4 heteroatoms. The van der Waals surface area contributed by atoms with Crippen LogP contribution in [0.1, 0.15) is 40.0 Å². The second-order valence-electron chi connectivity index (χ2n) is 5.98. The lowest BCUT2D eigenvalue weighted by molar-refractivity contribution is -0.126. The number of nitrogens with one attached hydrogen (secondary N) is 2. The Morgan fingerprint density at radius 1 is 1.41 bits per heavy atom. The highest BCUT2D eigenvalue weighted by Crippen LogP contribution is 2.26. The average molecular weight is 242 g/mol. The van der Waals surface area contributed by atoms with Crippen LogP contribution in [-0.2, 0) is 9.53 Å². The first kappa shape index (κ1) is 14.5. The van der Waals surface area contributed by atoms with Crippen LogP contribution in [0.25, 0.3) is 0 Å². The number of rotatable bonds is 5. The maximum Gasteiger partial charge on any atom is 0.222 e. The van der Waals surface area contributed by atoms with Crippen LogP contribution in [0.4, 0.5) is 0 Å². The summed E-state index contributed by atoms with van der Waals surface area (Å²) < 4.78 is 5.25. The van der Waals surface area contributed by atoms with Crippen molar-refractivity contribution in [3.05, 3.63) is 0 Å². The lowest BCUT2D eigenvalue weighted by Gasteiger charge is -2.34. The monoisotopic (exact) mass is 242 g/mol. The molecule has 0 bridgehead atoms. The van der Waals surface area contributed by atoms with Crippen molar-refractivity contribution >= 4 is 5.91 Å². The van der Waals surface area contributed by atoms with Crippen LogP contribution >= 0.6 is 0 Å². The number of ether oxygens (including phenoxy) is 1. The van der Waals surface area contributed by atoms with E-state index >= 15 is 0 Å². The topological polar surface area (TPSA) is 50.4 Å². The molecule has 0 aromatic heterocycles. The summed E-state index contributed by atoms with van der Waals surface area (Å²) >= 11 is 0. The van der Waals surface area contributed by atoms with Gasteiger partial charge in [0, 0.05) is 13.7 Å². The fourth-order valence-electron chi connectivity index (χ4n) is 2.04. The summed E-state index contributed by atoms with van der Waals surface area (Å²) in [6.45, 7) is 8.98. The molecule has 4 nitrogen and oxygen atoms in total. The Hall–Kier alpha value is -0.610. The standard InChI is InChI=1S/C13H26N2O2/c1-12(2,17-4)9-11(16)15-10-13(3)5-7-14-8-6-13/h14H,5-10H2,1-4H3,(H,15,16). The molecule has 0 atom stereocenters. The molecular formula is C13H26N2O2. The number of methoxy groups -OCH3 is 1. The van der Waals surface area contributed by atoms with Gasteiger partial charge in [-0.25, -0.2) is 0 Å². The average Bonchev–Trinajstić information content (AvgIpc) is 2.27. The molecule has 1 fully saturated rings. The van der Waals surface area contributed by atoms with Gasteiger partial charge in [-0.2, -0.15) is 0 Å². The van der Waals surface area contributed by atoms with Crippen molar-refractivity contribution in [1.29, 1.82) is 0 Å². The zero-order valence-electron chi connectivity index (χ0n) is 11.6. The third-order valence-corrected chi connectivity index (χ3v) is 3.66. The van der Waals surface area contributed by atoms with Gasteiger partial charge in [0.15, 0.2) is 0 Å². The molecule has 0 aliphatic carbocycles. The van der Waals surface area contributed by atoms with E-state index in [1.807, 2.05) is 13.8 Å². The second kappa shape index (κ2) is 5.83. The van der Waals surface area contributed by atoms with Gasteiger partial charge in [0.05, 0.1) is 12.0 Å². The normalized spacial score (nSPS) is 20.0. The van der Waals surface area contributed by atoms with Crippen molar-refractivity contribution in [2.45, 2.75) is 45.6 Å². The molecule has 17 heavy (non-hydrogen) atoms. The Bertz CT molecular complexity index is 258. The minimum Gasteiger partial charge on any atom is -0.378 e. The maximum absolute atomic E-state index is 11.8. The highest BCUT2D eigenvalue weighted by atomic mass is 16.5. The predicted molar refractivity (Wildman–Crippen MR) is 68.9 cm³/mol. The van der Waals surface area contributed by atoms with Gasteiger partial charge in [0.2, 0.25) is 5.91 Å². The number of piperidine rings is 1. The molecule has 0 unspecified atom stereocenters. The van der Waals surface area contributed by atoms with Gasteiger partial charge in [-0.05, 0) is 45.2 Å². The van der Waals surface area contributed by atoms with E-state index in [4.69, 9.17) is 4.74 Å². The van der Waals surface area contributed by atoms with E-state index in [1.165, 1.54) is 0 Å². The molecule has 0 saturated carbocycles. The van der Waals surface area contributed by atoms with Crippen LogP contribution in [0.5, 0.6) is 0 Å². The fourth-order valence-corrected chi connectivity index (χ4v) is 2.04. The Labute approximate surface area is 104 Å². The van der Waals surface area contributed by atoms with Gasteiger partial charge in [0.25, 0.3) is 0 Å². The molecule has 100 valence electrons. The van der Waals surface area contributed by atoms with Crippen molar-refractivity contribution in [3.8, 4) is 0 Å². The van der Waals surface area contributed by atoms with Gasteiger partial charge in [-0.15, -0.1) is 0 Å². The SMILES string of the molecule is COC(C)(C)CC(=O)NCC1(C)CCNCC1. The van der Waals surface area contributed by atoms with Crippen molar-refractivity contribution in [2.75, 3.05) is 26.7 Å². The summed E-state index contributed by atoms with van der Waals surface area (Å²) in [5, 5.41) is 6.38. The molecular weight excluding hydrogens is 216 g/mol. The van der Waals surface area contributed by atoms with E-state index in [0.29, 0.717) is 6.42 Å². The molecule has 1 rings (SSSR count). The highest BCUT2D eigenvalue weighted by Gasteiger charge is 2.28. The van der Waals surface area contributed by atoms with Gasteiger partial charge in [-0.3, -0.25) is 4.79 Å². The summed E-state index contributed by atoms with van der Waals surface area (Å²) in [7, 11) is 1.64. The van der Waals surface area contributed by atoms with Crippen molar-refractivity contribution in [3.63, 3.8) is 0 Å². The summed E-state index contributed by atoms with van der Waals surface area (Å²) in [5.74, 6) is 0.0802. The predicted octanol–water partition coefficient (Wildman–Crippen LogP) is 1.31. The Morgan fingerprint density at radius 3 is 2.53 bits per heavy atom. The van der Waals surface area contributed by atoms with Crippen LogP contribution in [0, 0.1) is 5.41 Å². The third-order valence-electron chi connectivity index (χ3n) is 3.66. The molecule has 1 amide bonds. The lowest BCUT2D eigenvalue weighted by atomic mass is 9.81. The van der Waals surface area contributed by atoms with Crippen LogP contribution in [-0.4, -0.2) is 38.3 Å². The van der Waals surface area contributed by atoms with E-state index in [2.05, 4.69) is 17.6 Å². The number of hydrogen-bond donors (Lipinski definition) is 2. The van der Waals surface area contributed by atoms with E-state index in [0.717, 1.165) is 32.5 Å². The van der Waals surface area contributed by atoms with Crippen LogP contribution in [0.3, 0.4) is 0 Å². The third kappa shape index (κ3) is 5.04. The molecule has 0 radical (unpaired) electrons.